The van der Waals surface area contributed by atoms with Gasteiger partial charge in [0.05, 0.1) is 6.61 Å². The number of ether oxygens (including phenoxy) is 3. The summed E-state index contributed by atoms with van der Waals surface area (Å²) in [5, 5.41) is 0. The second-order valence-corrected chi connectivity index (χ2v) is 18.8. The number of unbranched alkanes of at least 4 members (excludes halogenated alkanes) is 33. The van der Waals surface area contributed by atoms with Gasteiger partial charge in [0.15, 0.2) is 6.10 Å². The first-order valence-electron chi connectivity index (χ1n) is 28.2. The van der Waals surface area contributed by atoms with Gasteiger partial charge in [-0.1, -0.05) is 223 Å². The monoisotopic (exact) mass is 897 g/mol. The predicted molar refractivity (Wildman–Crippen MR) is 279 cm³/mol. The molecule has 0 aromatic carbocycles. The van der Waals surface area contributed by atoms with Crippen LogP contribution in [0.15, 0.2) is 48.6 Å². The van der Waals surface area contributed by atoms with Gasteiger partial charge in [-0.05, 0) is 103 Å². The minimum absolute atomic E-state index is 0.0787. The molecule has 5 heteroatoms. The highest BCUT2D eigenvalue weighted by atomic mass is 16.6. The average Bonchev–Trinajstić information content (AvgIpc) is 3.30. The van der Waals surface area contributed by atoms with Gasteiger partial charge in [-0.2, -0.15) is 0 Å². The van der Waals surface area contributed by atoms with E-state index in [0.717, 1.165) is 57.8 Å². The second kappa shape index (κ2) is 55.2. The fraction of sp³-hybridized carbons (Fsp3) is 0.831. The molecule has 374 valence electrons. The summed E-state index contributed by atoms with van der Waals surface area (Å²) < 4.78 is 17.4. The molecule has 0 aliphatic rings. The van der Waals surface area contributed by atoms with Crippen LogP contribution in [0.2, 0.25) is 0 Å². The number of allylic oxidation sites excluding steroid dienone is 8. The third kappa shape index (κ3) is 52.5. The zero-order valence-corrected chi connectivity index (χ0v) is 43.1. The highest BCUT2D eigenvalue weighted by Crippen LogP contribution is 2.15. The van der Waals surface area contributed by atoms with E-state index in [0.29, 0.717) is 19.4 Å². The van der Waals surface area contributed by atoms with Gasteiger partial charge in [-0.3, -0.25) is 9.59 Å². The van der Waals surface area contributed by atoms with Crippen molar-refractivity contribution in [2.45, 2.75) is 297 Å². The Balaban J connectivity index is 4.25. The summed E-state index contributed by atoms with van der Waals surface area (Å²) in [6.45, 7) is 7.79. The lowest BCUT2D eigenvalue weighted by Crippen LogP contribution is -2.30. The van der Waals surface area contributed by atoms with Crippen molar-refractivity contribution in [2.24, 2.45) is 0 Å². The Kier molecular flexibility index (Phi) is 53.3. The number of rotatable bonds is 52. The Labute approximate surface area is 399 Å². The summed E-state index contributed by atoms with van der Waals surface area (Å²) in [7, 11) is 0. The quantitative estimate of drug-likeness (QED) is 0.0346. The molecule has 0 N–H and O–H groups in total. The normalized spacial score (nSPS) is 12.5. The third-order valence-corrected chi connectivity index (χ3v) is 12.3. The Morgan fingerprint density at radius 3 is 1.09 bits per heavy atom. The summed E-state index contributed by atoms with van der Waals surface area (Å²) in [5.74, 6) is -0.404. The van der Waals surface area contributed by atoms with Gasteiger partial charge in [-0.15, -0.1) is 0 Å². The molecule has 0 saturated heterocycles. The highest BCUT2D eigenvalue weighted by molar-refractivity contribution is 5.70. The number of esters is 2. The van der Waals surface area contributed by atoms with Gasteiger partial charge < -0.3 is 14.2 Å². The van der Waals surface area contributed by atoms with Crippen molar-refractivity contribution in [3.63, 3.8) is 0 Å². The highest BCUT2D eigenvalue weighted by Gasteiger charge is 2.17. The molecule has 1 unspecified atom stereocenters. The topological polar surface area (TPSA) is 61.8 Å². The van der Waals surface area contributed by atoms with Crippen molar-refractivity contribution in [3.05, 3.63) is 48.6 Å². The lowest BCUT2D eigenvalue weighted by atomic mass is 10.1. The van der Waals surface area contributed by atoms with Gasteiger partial charge in [-0.25, -0.2) is 0 Å². The first-order valence-corrected chi connectivity index (χ1v) is 28.2. The van der Waals surface area contributed by atoms with Gasteiger partial charge in [0, 0.05) is 19.4 Å². The van der Waals surface area contributed by atoms with Crippen molar-refractivity contribution in [1.82, 2.24) is 0 Å². The molecule has 0 bridgehead atoms. The van der Waals surface area contributed by atoms with Crippen molar-refractivity contribution in [3.8, 4) is 0 Å². The Morgan fingerprint density at radius 2 is 0.656 bits per heavy atom. The van der Waals surface area contributed by atoms with E-state index in [1.807, 2.05) is 0 Å². The second-order valence-electron chi connectivity index (χ2n) is 18.8. The molecule has 0 saturated carbocycles. The molecule has 0 rings (SSSR count). The minimum atomic E-state index is -0.545. The number of carbonyl (C=O) groups is 2. The molecule has 5 nitrogen and oxygen atoms in total. The molecule has 0 amide bonds. The first kappa shape index (κ1) is 61.9. The Morgan fingerprint density at radius 1 is 0.344 bits per heavy atom. The maximum atomic E-state index is 12.8. The smallest absolute Gasteiger partial charge is 0.306 e. The maximum Gasteiger partial charge on any atom is 0.306 e. The van der Waals surface area contributed by atoms with Crippen molar-refractivity contribution in [2.75, 3.05) is 19.8 Å². The standard InChI is InChI=1S/C59H108O5/c1-4-7-10-13-16-19-22-25-27-29-30-31-32-35-37-40-43-46-49-52-58(60)63-56-57(64-59(61)53-50-47-44-41-38-34-24-21-18-15-12-9-6-3)55-62-54-51-48-45-42-39-36-33-28-26-23-20-17-14-11-8-5-2/h17,20-21,24-28,57H,4-16,18-19,22-23,29-56H2,1-3H3/b20-17-,24-21-,27-25-,28-26-. The maximum absolute atomic E-state index is 12.8. The summed E-state index contributed by atoms with van der Waals surface area (Å²) in [5.41, 5.74) is 0. The van der Waals surface area contributed by atoms with E-state index in [2.05, 4.69) is 69.4 Å². The lowest BCUT2D eigenvalue weighted by Gasteiger charge is -2.18. The van der Waals surface area contributed by atoms with Crippen LogP contribution in [0.1, 0.15) is 290 Å². The molecule has 1 atom stereocenters. The molecule has 0 radical (unpaired) electrons. The van der Waals surface area contributed by atoms with Crippen LogP contribution in [0.3, 0.4) is 0 Å². The van der Waals surface area contributed by atoms with E-state index in [1.165, 1.54) is 199 Å². The molecule has 0 heterocycles. The summed E-state index contributed by atoms with van der Waals surface area (Å²) in [6.07, 6.45) is 68.4. The lowest BCUT2D eigenvalue weighted by molar-refractivity contribution is -0.163. The minimum Gasteiger partial charge on any atom is -0.462 e. The van der Waals surface area contributed by atoms with Gasteiger partial charge in [0.25, 0.3) is 0 Å². The molecule has 0 aromatic rings. The van der Waals surface area contributed by atoms with Crippen molar-refractivity contribution >= 4 is 11.9 Å². The summed E-state index contributed by atoms with van der Waals surface area (Å²) in [6, 6.07) is 0. The van der Waals surface area contributed by atoms with Crippen LogP contribution >= 0.6 is 0 Å². The molecule has 0 aliphatic heterocycles. The van der Waals surface area contributed by atoms with Crippen LogP contribution in [0, 0.1) is 0 Å². The third-order valence-electron chi connectivity index (χ3n) is 12.3. The fourth-order valence-electron chi connectivity index (χ4n) is 8.06. The number of hydrogen-bond donors (Lipinski definition) is 0. The van der Waals surface area contributed by atoms with Crippen molar-refractivity contribution in [1.29, 1.82) is 0 Å². The van der Waals surface area contributed by atoms with E-state index in [-0.39, 0.29) is 25.2 Å². The van der Waals surface area contributed by atoms with Crippen LogP contribution in [-0.2, 0) is 23.8 Å². The summed E-state index contributed by atoms with van der Waals surface area (Å²) >= 11 is 0. The molecule has 0 aliphatic carbocycles. The zero-order chi connectivity index (χ0) is 46.3. The predicted octanol–water partition coefficient (Wildman–Crippen LogP) is 19.1. The fourth-order valence-corrected chi connectivity index (χ4v) is 8.06. The van der Waals surface area contributed by atoms with E-state index in [9.17, 15) is 9.59 Å². The van der Waals surface area contributed by atoms with E-state index in [4.69, 9.17) is 14.2 Å². The van der Waals surface area contributed by atoms with E-state index < -0.39 is 6.10 Å². The van der Waals surface area contributed by atoms with E-state index in [1.54, 1.807) is 0 Å². The number of hydrogen-bond acceptors (Lipinski definition) is 5. The van der Waals surface area contributed by atoms with Crippen LogP contribution in [0.5, 0.6) is 0 Å². The van der Waals surface area contributed by atoms with Crippen LogP contribution in [0.25, 0.3) is 0 Å². The van der Waals surface area contributed by atoms with Crippen LogP contribution < -0.4 is 0 Å². The van der Waals surface area contributed by atoms with Crippen molar-refractivity contribution < 1.29 is 23.8 Å². The van der Waals surface area contributed by atoms with E-state index >= 15 is 0 Å². The van der Waals surface area contributed by atoms with Gasteiger partial charge in [0.1, 0.15) is 6.61 Å². The SMILES string of the molecule is CCCCC/C=C\C/C=C\CCCCCCCCOCC(COC(=O)CCCCCCCCCCC/C=C\CCCCCCCC)OC(=O)CCCCCCC/C=C\CCCCCC. The Hall–Kier alpha value is -2.14. The average molecular weight is 898 g/mol. The number of carbonyl (C=O) groups excluding carboxylic acids is 2. The summed E-state index contributed by atoms with van der Waals surface area (Å²) in [4.78, 5) is 25.5. The molecule has 0 spiro atoms. The van der Waals surface area contributed by atoms with Crippen LogP contribution in [0.4, 0.5) is 0 Å². The van der Waals surface area contributed by atoms with Gasteiger partial charge in [0.2, 0.25) is 0 Å². The molecule has 0 aromatic heterocycles. The first-order chi connectivity index (χ1) is 31.6. The molecular weight excluding hydrogens is 789 g/mol. The molecular formula is C59H108O5. The largest absolute Gasteiger partial charge is 0.462 e. The molecule has 0 fully saturated rings. The van der Waals surface area contributed by atoms with Crippen LogP contribution in [-0.4, -0.2) is 37.9 Å². The van der Waals surface area contributed by atoms with Gasteiger partial charge >= 0.3 is 11.9 Å². The molecule has 64 heavy (non-hydrogen) atoms. The Bertz CT molecular complexity index is 1060. The zero-order valence-electron chi connectivity index (χ0n) is 43.1.